The third-order valence-electron chi connectivity index (χ3n) is 2.01. The van der Waals surface area contributed by atoms with Crippen LogP contribution in [0.15, 0.2) is 36.5 Å². The van der Waals surface area contributed by atoms with Crippen LogP contribution in [0.1, 0.15) is 5.69 Å². The molecule has 1 aromatic carbocycles. The molecule has 0 atom stereocenters. The Hall–Kier alpha value is -1.68. The lowest BCUT2D eigenvalue weighted by molar-refractivity contribution is 0.181. The maximum atomic E-state index is 12.9. The molecule has 0 unspecified atom stereocenters. The van der Waals surface area contributed by atoms with Gasteiger partial charge in [0.05, 0.1) is 18.0 Å². The molecule has 0 saturated heterocycles. The molecule has 0 fully saturated rings. The maximum absolute atomic E-state index is 12.9. The molecule has 1 aromatic heterocycles. The summed E-state index contributed by atoms with van der Waals surface area (Å²) in [6, 6.07) is 8.13. The molecule has 0 radical (unpaired) electrons. The van der Waals surface area contributed by atoms with Gasteiger partial charge in [0, 0.05) is 13.3 Å². The summed E-state index contributed by atoms with van der Waals surface area (Å²) in [5.74, 6) is -0.267. The molecule has 1 heterocycles. The number of benzene rings is 1. The second kappa shape index (κ2) is 4.23. The number of rotatable bonds is 3. The van der Waals surface area contributed by atoms with Gasteiger partial charge >= 0.3 is 0 Å². The van der Waals surface area contributed by atoms with Crippen LogP contribution in [-0.4, -0.2) is 16.9 Å². The summed E-state index contributed by atoms with van der Waals surface area (Å²) in [6.07, 6.45) is 1.78. The third-order valence-corrected chi connectivity index (χ3v) is 2.01. The quantitative estimate of drug-likeness (QED) is 0.769. The minimum absolute atomic E-state index is 0.267. The molecular weight excluding hydrogens is 195 g/mol. The van der Waals surface area contributed by atoms with Crippen molar-refractivity contribution in [3.05, 3.63) is 48.0 Å². The zero-order valence-corrected chi connectivity index (χ0v) is 8.35. The number of methoxy groups -OCH3 is 1. The molecule has 2 rings (SSSR count). The fourth-order valence-corrected chi connectivity index (χ4v) is 1.35. The standard InChI is InChI=1S/C11H11FN2O/c1-15-8-10-5-6-14(13-10)11-4-2-3-9(12)7-11/h2-7H,8H2,1H3. The third kappa shape index (κ3) is 2.22. The Labute approximate surface area is 87.1 Å². The number of hydrogen-bond acceptors (Lipinski definition) is 2. The zero-order valence-electron chi connectivity index (χ0n) is 8.35. The van der Waals surface area contributed by atoms with Crippen molar-refractivity contribution in [3.63, 3.8) is 0 Å². The first kappa shape index (κ1) is 9.86. The molecule has 78 valence electrons. The summed E-state index contributed by atoms with van der Waals surface area (Å²) in [4.78, 5) is 0. The summed E-state index contributed by atoms with van der Waals surface area (Å²) in [6.45, 7) is 0.461. The zero-order chi connectivity index (χ0) is 10.7. The van der Waals surface area contributed by atoms with Crippen molar-refractivity contribution in [2.24, 2.45) is 0 Å². The molecule has 4 heteroatoms. The summed E-state index contributed by atoms with van der Waals surface area (Å²) in [7, 11) is 1.61. The van der Waals surface area contributed by atoms with E-state index in [0.717, 1.165) is 5.69 Å². The van der Waals surface area contributed by atoms with E-state index in [1.807, 2.05) is 6.07 Å². The Morgan fingerprint density at radius 1 is 1.40 bits per heavy atom. The van der Waals surface area contributed by atoms with E-state index in [1.54, 1.807) is 30.1 Å². The van der Waals surface area contributed by atoms with Crippen LogP contribution < -0.4 is 0 Å². The highest BCUT2D eigenvalue weighted by molar-refractivity contribution is 5.31. The van der Waals surface area contributed by atoms with Crippen LogP contribution in [0, 0.1) is 5.82 Å². The minimum Gasteiger partial charge on any atom is -0.378 e. The fourth-order valence-electron chi connectivity index (χ4n) is 1.35. The molecule has 0 amide bonds. The van der Waals surface area contributed by atoms with Gasteiger partial charge in [0.15, 0.2) is 0 Å². The molecule has 0 aliphatic heterocycles. The summed E-state index contributed by atoms with van der Waals surface area (Å²) >= 11 is 0. The van der Waals surface area contributed by atoms with E-state index in [1.165, 1.54) is 12.1 Å². The van der Waals surface area contributed by atoms with Gasteiger partial charge in [-0.25, -0.2) is 9.07 Å². The van der Waals surface area contributed by atoms with Gasteiger partial charge in [-0.1, -0.05) is 6.07 Å². The molecule has 0 saturated carbocycles. The van der Waals surface area contributed by atoms with Crippen LogP contribution in [0.3, 0.4) is 0 Å². The van der Waals surface area contributed by atoms with Crippen molar-refractivity contribution in [2.45, 2.75) is 6.61 Å². The van der Waals surface area contributed by atoms with Gasteiger partial charge in [0.25, 0.3) is 0 Å². The molecule has 0 aliphatic carbocycles. The first-order chi connectivity index (χ1) is 7.29. The van der Waals surface area contributed by atoms with Crippen molar-refractivity contribution in [1.29, 1.82) is 0 Å². The molecular formula is C11H11FN2O. The van der Waals surface area contributed by atoms with Gasteiger partial charge in [-0.15, -0.1) is 0 Å². The predicted octanol–water partition coefficient (Wildman–Crippen LogP) is 2.16. The van der Waals surface area contributed by atoms with Gasteiger partial charge in [0.1, 0.15) is 5.82 Å². The SMILES string of the molecule is COCc1ccn(-c2cccc(F)c2)n1. The van der Waals surface area contributed by atoms with Crippen molar-refractivity contribution < 1.29 is 9.13 Å². The maximum Gasteiger partial charge on any atom is 0.125 e. The second-order valence-corrected chi connectivity index (χ2v) is 3.16. The summed E-state index contributed by atoms with van der Waals surface area (Å²) in [5, 5.41) is 4.24. The van der Waals surface area contributed by atoms with Crippen molar-refractivity contribution >= 4 is 0 Å². The van der Waals surface area contributed by atoms with E-state index in [4.69, 9.17) is 4.74 Å². The van der Waals surface area contributed by atoms with Crippen molar-refractivity contribution in [2.75, 3.05) is 7.11 Å². The van der Waals surface area contributed by atoms with E-state index in [9.17, 15) is 4.39 Å². The highest BCUT2D eigenvalue weighted by atomic mass is 19.1. The highest BCUT2D eigenvalue weighted by Crippen LogP contribution is 2.09. The highest BCUT2D eigenvalue weighted by Gasteiger charge is 2.01. The van der Waals surface area contributed by atoms with Gasteiger partial charge in [0.2, 0.25) is 0 Å². The van der Waals surface area contributed by atoms with Crippen LogP contribution in [0.4, 0.5) is 4.39 Å². The first-order valence-electron chi connectivity index (χ1n) is 4.59. The van der Waals surface area contributed by atoms with E-state index in [-0.39, 0.29) is 5.82 Å². The Bertz CT molecular complexity index is 453. The van der Waals surface area contributed by atoms with Gasteiger partial charge in [-0.3, -0.25) is 0 Å². The normalized spacial score (nSPS) is 10.5. The number of halogens is 1. The number of ether oxygens (including phenoxy) is 1. The Balaban J connectivity index is 2.29. The number of nitrogens with zero attached hydrogens (tertiary/aromatic N) is 2. The average molecular weight is 206 g/mol. The molecule has 15 heavy (non-hydrogen) atoms. The smallest absolute Gasteiger partial charge is 0.125 e. The first-order valence-corrected chi connectivity index (χ1v) is 4.59. The van der Waals surface area contributed by atoms with Gasteiger partial charge < -0.3 is 4.74 Å². The largest absolute Gasteiger partial charge is 0.378 e. The van der Waals surface area contributed by atoms with Crippen LogP contribution in [0.5, 0.6) is 0 Å². The summed E-state index contributed by atoms with van der Waals surface area (Å²) < 4.78 is 19.5. The van der Waals surface area contributed by atoms with E-state index in [2.05, 4.69) is 5.10 Å². The lowest BCUT2D eigenvalue weighted by Crippen LogP contribution is -1.97. The molecule has 0 N–H and O–H groups in total. The lowest BCUT2D eigenvalue weighted by atomic mass is 10.3. The minimum atomic E-state index is -0.267. The molecule has 0 aliphatic rings. The van der Waals surface area contributed by atoms with Crippen LogP contribution in [-0.2, 0) is 11.3 Å². The average Bonchev–Trinajstić information content (AvgIpc) is 2.67. The topological polar surface area (TPSA) is 27.1 Å². The molecule has 2 aromatic rings. The number of aromatic nitrogens is 2. The van der Waals surface area contributed by atoms with Gasteiger partial charge in [-0.2, -0.15) is 5.10 Å². The number of hydrogen-bond donors (Lipinski definition) is 0. The molecule has 3 nitrogen and oxygen atoms in total. The van der Waals surface area contributed by atoms with Crippen LogP contribution in [0.2, 0.25) is 0 Å². The van der Waals surface area contributed by atoms with Gasteiger partial charge in [-0.05, 0) is 24.3 Å². The molecule has 0 spiro atoms. The van der Waals surface area contributed by atoms with Crippen molar-refractivity contribution in [3.8, 4) is 5.69 Å². The Morgan fingerprint density at radius 3 is 3.00 bits per heavy atom. The monoisotopic (exact) mass is 206 g/mol. The molecule has 0 bridgehead atoms. The fraction of sp³-hybridized carbons (Fsp3) is 0.182. The van der Waals surface area contributed by atoms with Crippen LogP contribution >= 0.6 is 0 Å². The Kier molecular flexibility index (Phi) is 2.78. The second-order valence-electron chi connectivity index (χ2n) is 3.16. The lowest BCUT2D eigenvalue weighted by Gasteiger charge is -2.00. The predicted molar refractivity (Wildman–Crippen MR) is 54.2 cm³/mol. The van der Waals surface area contributed by atoms with Crippen molar-refractivity contribution in [1.82, 2.24) is 9.78 Å². The Morgan fingerprint density at radius 2 is 2.27 bits per heavy atom. The summed E-state index contributed by atoms with van der Waals surface area (Å²) in [5.41, 5.74) is 1.53. The van der Waals surface area contributed by atoms with Crippen LogP contribution in [0.25, 0.3) is 5.69 Å². The van der Waals surface area contributed by atoms with E-state index in [0.29, 0.717) is 12.3 Å². The van der Waals surface area contributed by atoms with E-state index >= 15 is 0 Å². The van der Waals surface area contributed by atoms with E-state index < -0.39 is 0 Å².